The van der Waals surface area contributed by atoms with Gasteiger partial charge in [0.15, 0.2) is 0 Å². The fraction of sp³-hybridized carbons (Fsp3) is 0.625. The molecule has 0 spiro atoms. The highest BCUT2D eigenvalue weighted by molar-refractivity contribution is 5.32. The number of nitrogens with zero attached hydrogens (tertiary/aromatic N) is 1. The summed E-state index contributed by atoms with van der Waals surface area (Å²) in [7, 11) is 1.87. The van der Waals surface area contributed by atoms with E-state index in [1.807, 2.05) is 7.05 Å². The lowest BCUT2D eigenvalue weighted by Gasteiger charge is -2.49. The average molecular weight is 260 g/mol. The van der Waals surface area contributed by atoms with E-state index in [4.69, 9.17) is 0 Å². The van der Waals surface area contributed by atoms with Gasteiger partial charge in [0.2, 0.25) is 0 Å². The number of piperidine rings is 3. The van der Waals surface area contributed by atoms with E-state index in [2.05, 4.69) is 34.5 Å². The number of benzene rings is 1. The van der Waals surface area contributed by atoms with Gasteiger partial charge in [-0.1, -0.05) is 24.3 Å². The third kappa shape index (κ3) is 2.42. The Morgan fingerprint density at radius 1 is 1.16 bits per heavy atom. The molecule has 1 atom stereocenters. The van der Waals surface area contributed by atoms with Crippen LogP contribution in [-0.4, -0.2) is 43.2 Å². The third-order valence-electron chi connectivity index (χ3n) is 5.03. The van der Waals surface area contributed by atoms with Crippen LogP contribution in [0.4, 0.5) is 0 Å². The van der Waals surface area contributed by atoms with Crippen molar-refractivity contribution in [1.82, 2.24) is 10.2 Å². The van der Waals surface area contributed by atoms with E-state index in [1.165, 1.54) is 44.5 Å². The van der Waals surface area contributed by atoms with Crippen LogP contribution in [0, 0.1) is 0 Å². The van der Waals surface area contributed by atoms with Gasteiger partial charge in [0, 0.05) is 6.54 Å². The summed E-state index contributed by atoms with van der Waals surface area (Å²) in [5.74, 6) is 0. The van der Waals surface area contributed by atoms with E-state index in [0.717, 1.165) is 5.56 Å². The molecule has 1 aromatic rings. The molecule has 104 valence electrons. The molecule has 1 aromatic carbocycles. The highest BCUT2D eigenvalue weighted by Gasteiger charge is 2.40. The zero-order valence-corrected chi connectivity index (χ0v) is 11.7. The van der Waals surface area contributed by atoms with Crippen LogP contribution in [0.5, 0.6) is 0 Å². The zero-order chi connectivity index (χ0) is 13.3. The quantitative estimate of drug-likeness (QED) is 0.864. The topological polar surface area (TPSA) is 35.5 Å². The van der Waals surface area contributed by atoms with Crippen LogP contribution in [0.25, 0.3) is 0 Å². The van der Waals surface area contributed by atoms with Crippen molar-refractivity contribution in [3.63, 3.8) is 0 Å². The molecule has 1 unspecified atom stereocenters. The molecule has 3 saturated heterocycles. The predicted octanol–water partition coefficient (Wildman–Crippen LogP) is 1.68. The van der Waals surface area contributed by atoms with Crippen molar-refractivity contribution in [2.75, 3.05) is 33.2 Å². The molecule has 2 bridgehead atoms. The van der Waals surface area contributed by atoms with Gasteiger partial charge in [-0.15, -0.1) is 0 Å². The first-order valence-electron chi connectivity index (χ1n) is 7.39. The Bertz CT molecular complexity index is 407. The number of hydrogen-bond acceptors (Lipinski definition) is 3. The van der Waals surface area contributed by atoms with Crippen molar-refractivity contribution in [2.45, 2.75) is 30.8 Å². The number of fused-ring (bicyclic) bond motifs is 3. The maximum absolute atomic E-state index is 9.98. The van der Waals surface area contributed by atoms with Crippen molar-refractivity contribution < 1.29 is 5.11 Å². The average Bonchev–Trinajstić information content (AvgIpc) is 2.49. The van der Waals surface area contributed by atoms with Crippen molar-refractivity contribution >= 4 is 0 Å². The molecule has 3 aliphatic heterocycles. The van der Waals surface area contributed by atoms with Crippen molar-refractivity contribution in [3.8, 4) is 0 Å². The molecule has 3 fully saturated rings. The Balaban J connectivity index is 1.78. The Morgan fingerprint density at radius 3 is 2.26 bits per heavy atom. The molecule has 0 saturated carbocycles. The summed E-state index contributed by atoms with van der Waals surface area (Å²) >= 11 is 0. The van der Waals surface area contributed by atoms with Gasteiger partial charge in [-0.3, -0.25) is 0 Å². The number of likely N-dealkylation sites (N-methyl/N-ethyl adjacent to an activating group) is 1. The summed E-state index contributed by atoms with van der Waals surface area (Å²) in [6.07, 6.45) is 3.49. The van der Waals surface area contributed by atoms with Crippen LogP contribution in [0.1, 0.15) is 36.5 Å². The molecular formula is C16H24N2O. The Labute approximate surface area is 115 Å². The van der Waals surface area contributed by atoms with Crippen LogP contribution in [0.2, 0.25) is 0 Å². The van der Waals surface area contributed by atoms with Crippen LogP contribution in [0.3, 0.4) is 0 Å². The van der Waals surface area contributed by atoms with Crippen LogP contribution in [-0.2, 0) is 5.41 Å². The van der Waals surface area contributed by atoms with E-state index in [1.54, 1.807) is 0 Å². The van der Waals surface area contributed by atoms with E-state index in [9.17, 15) is 5.11 Å². The summed E-state index contributed by atoms with van der Waals surface area (Å²) in [5, 5.41) is 13.0. The van der Waals surface area contributed by atoms with Gasteiger partial charge in [0.1, 0.15) is 0 Å². The monoisotopic (exact) mass is 260 g/mol. The van der Waals surface area contributed by atoms with Crippen LogP contribution in [0.15, 0.2) is 24.3 Å². The zero-order valence-electron chi connectivity index (χ0n) is 11.7. The second-order valence-electron chi connectivity index (χ2n) is 6.07. The minimum Gasteiger partial charge on any atom is -0.387 e. The van der Waals surface area contributed by atoms with Crippen molar-refractivity contribution in [1.29, 1.82) is 0 Å². The molecule has 3 aliphatic rings. The number of aliphatic hydroxyl groups excluding tert-OH is 1. The number of aliphatic hydroxyl groups is 1. The maximum atomic E-state index is 9.98. The SMILES string of the molecule is CNCC(O)c1ccc(C23CCN(CC2)CC3)cc1. The van der Waals surface area contributed by atoms with Gasteiger partial charge in [-0.05, 0) is 62.5 Å². The molecule has 19 heavy (non-hydrogen) atoms. The minimum atomic E-state index is -0.398. The minimum absolute atomic E-state index is 0.398. The molecule has 3 nitrogen and oxygen atoms in total. The van der Waals surface area contributed by atoms with Crippen molar-refractivity contribution in [2.24, 2.45) is 0 Å². The van der Waals surface area contributed by atoms with Crippen molar-refractivity contribution in [3.05, 3.63) is 35.4 Å². The predicted molar refractivity (Wildman–Crippen MR) is 77.3 cm³/mol. The maximum Gasteiger partial charge on any atom is 0.0914 e. The third-order valence-corrected chi connectivity index (χ3v) is 5.03. The van der Waals surface area contributed by atoms with Gasteiger partial charge < -0.3 is 15.3 Å². The number of nitrogens with one attached hydrogen (secondary N) is 1. The fourth-order valence-electron chi connectivity index (χ4n) is 3.63. The first-order valence-corrected chi connectivity index (χ1v) is 7.39. The largest absolute Gasteiger partial charge is 0.387 e. The molecule has 0 aliphatic carbocycles. The van der Waals surface area contributed by atoms with Gasteiger partial charge in [-0.25, -0.2) is 0 Å². The first-order chi connectivity index (χ1) is 9.23. The summed E-state index contributed by atoms with van der Waals surface area (Å²) in [6.45, 7) is 4.37. The molecular weight excluding hydrogens is 236 g/mol. The standard InChI is InChI=1S/C16H24N2O/c1-17-12-15(19)13-2-4-14(5-3-13)16-6-9-18(10-7-16)11-8-16/h2-5,15,17,19H,6-12H2,1H3. The lowest BCUT2D eigenvalue weighted by molar-refractivity contribution is 0.0817. The van der Waals surface area contributed by atoms with E-state index < -0.39 is 6.10 Å². The summed E-state index contributed by atoms with van der Waals surface area (Å²) in [4.78, 5) is 2.58. The molecule has 3 heteroatoms. The molecule has 0 amide bonds. The Kier molecular flexibility index (Phi) is 3.61. The molecule has 4 rings (SSSR count). The Hall–Kier alpha value is -0.900. The summed E-state index contributed by atoms with van der Waals surface area (Å²) in [5.41, 5.74) is 2.91. The summed E-state index contributed by atoms with van der Waals surface area (Å²) in [6, 6.07) is 8.70. The summed E-state index contributed by atoms with van der Waals surface area (Å²) < 4.78 is 0. The molecule has 0 radical (unpaired) electrons. The van der Waals surface area contributed by atoms with Gasteiger partial charge in [0.25, 0.3) is 0 Å². The molecule has 2 N–H and O–H groups in total. The fourth-order valence-corrected chi connectivity index (χ4v) is 3.63. The van der Waals surface area contributed by atoms with Crippen LogP contribution >= 0.6 is 0 Å². The Morgan fingerprint density at radius 2 is 1.74 bits per heavy atom. The highest BCUT2D eigenvalue weighted by Crippen LogP contribution is 2.42. The normalized spacial score (nSPS) is 31.4. The first kappa shape index (κ1) is 13.1. The lowest BCUT2D eigenvalue weighted by atomic mass is 9.67. The number of hydrogen-bond donors (Lipinski definition) is 2. The smallest absolute Gasteiger partial charge is 0.0914 e. The van der Waals surface area contributed by atoms with E-state index in [-0.39, 0.29) is 0 Å². The molecule has 3 heterocycles. The van der Waals surface area contributed by atoms with Gasteiger partial charge >= 0.3 is 0 Å². The second-order valence-corrected chi connectivity index (χ2v) is 6.07. The van der Waals surface area contributed by atoms with E-state index >= 15 is 0 Å². The number of rotatable bonds is 4. The highest BCUT2D eigenvalue weighted by atomic mass is 16.3. The molecule has 0 aromatic heterocycles. The lowest BCUT2D eigenvalue weighted by Crippen LogP contribution is -2.50. The van der Waals surface area contributed by atoms with Gasteiger partial charge in [-0.2, -0.15) is 0 Å². The van der Waals surface area contributed by atoms with Gasteiger partial charge in [0.05, 0.1) is 6.10 Å². The second kappa shape index (κ2) is 5.23. The van der Waals surface area contributed by atoms with E-state index in [0.29, 0.717) is 12.0 Å². The van der Waals surface area contributed by atoms with Crippen LogP contribution < -0.4 is 5.32 Å².